The third kappa shape index (κ3) is 5.72. The van der Waals surface area contributed by atoms with E-state index in [0.29, 0.717) is 6.54 Å². The molecule has 0 aliphatic carbocycles. The van der Waals surface area contributed by atoms with Crippen LogP contribution in [0.15, 0.2) is 47.7 Å². The molecule has 0 saturated carbocycles. The van der Waals surface area contributed by atoms with Crippen molar-refractivity contribution in [1.82, 2.24) is 20.0 Å². The van der Waals surface area contributed by atoms with Crippen LogP contribution in [-0.4, -0.2) is 40.3 Å². The van der Waals surface area contributed by atoms with Crippen LogP contribution in [0.25, 0.3) is 0 Å². The summed E-state index contributed by atoms with van der Waals surface area (Å²) in [5, 5.41) is 7.78. The van der Waals surface area contributed by atoms with Crippen LogP contribution in [-0.2, 0) is 13.1 Å². The van der Waals surface area contributed by atoms with Crippen molar-refractivity contribution >= 4 is 29.9 Å². The molecule has 1 aromatic carbocycles. The molecule has 0 bridgehead atoms. The molecule has 142 valence electrons. The number of likely N-dealkylation sites (tertiary alicyclic amines) is 1. The van der Waals surface area contributed by atoms with E-state index in [9.17, 15) is 0 Å². The summed E-state index contributed by atoms with van der Waals surface area (Å²) < 4.78 is 1.96. The Morgan fingerprint density at radius 1 is 1.19 bits per heavy atom. The van der Waals surface area contributed by atoms with Crippen LogP contribution in [0, 0.1) is 5.92 Å². The standard InChI is InChI=1S/C20H29N5.HI/c1-3-21-20(24-13-9-17(2)10-14-24)22-15-18-7-4-5-8-19(18)16-25-12-6-11-23-25;/h4-8,11-12,17H,3,9-10,13-16H2,1-2H3,(H,21,22);1H. The zero-order valence-corrected chi connectivity index (χ0v) is 18.1. The monoisotopic (exact) mass is 467 g/mol. The SMILES string of the molecule is CCNC(=NCc1ccccc1Cn1cccn1)N1CCC(C)CC1.I. The number of aromatic nitrogens is 2. The molecule has 26 heavy (non-hydrogen) atoms. The van der Waals surface area contributed by atoms with Gasteiger partial charge in [-0.05, 0) is 42.9 Å². The second-order valence-electron chi connectivity index (χ2n) is 6.81. The molecular formula is C20H30IN5. The van der Waals surface area contributed by atoms with Crippen molar-refractivity contribution in [2.45, 2.75) is 39.8 Å². The summed E-state index contributed by atoms with van der Waals surface area (Å²) in [7, 11) is 0. The van der Waals surface area contributed by atoms with Gasteiger partial charge in [0.25, 0.3) is 0 Å². The lowest BCUT2D eigenvalue weighted by Crippen LogP contribution is -2.45. The van der Waals surface area contributed by atoms with Crippen molar-refractivity contribution in [3.63, 3.8) is 0 Å². The first-order valence-electron chi connectivity index (χ1n) is 9.33. The first kappa shape index (κ1) is 20.7. The molecule has 1 aromatic heterocycles. The minimum absolute atomic E-state index is 0. The first-order valence-corrected chi connectivity index (χ1v) is 9.33. The van der Waals surface area contributed by atoms with Gasteiger partial charge in [0.1, 0.15) is 0 Å². The van der Waals surface area contributed by atoms with Gasteiger partial charge in [-0.2, -0.15) is 5.10 Å². The summed E-state index contributed by atoms with van der Waals surface area (Å²) in [6, 6.07) is 10.5. The Morgan fingerprint density at radius 3 is 2.58 bits per heavy atom. The fourth-order valence-electron chi connectivity index (χ4n) is 3.24. The average Bonchev–Trinajstić information content (AvgIpc) is 3.14. The quantitative estimate of drug-likeness (QED) is 0.414. The molecule has 0 spiro atoms. The molecule has 1 fully saturated rings. The number of nitrogens with one attached hydrogen (secondary N) is 1. The summed E-state index contributed by atoms with van der Waals surface area (Å²) in [6.45, 7) is 9.06. The van der Waals surface area contributed by atoms with Crippen LogP contribution in [0.4, 0.5) is 0 Å². The second kappa shape index (κ2) is 10.5. The van der Waals surface area contributed by atoms with Crippen molar-refractivity contribution in [1.29, 1.82) is 0 Å². The molecule has 1 aliphatic rings. The molecule has 1 N–H and O–H groups in total. The zero-order chi connectivity index (χ0) is 17.5. The number of rotatable bonds is 5. The summed E-state index contributed by atoms with van der Waals surface area (Å²) in [4.78, 5) is 7.33. The third-order valence-electron chi connectivity index (χ3n) is 4.83. The average molecular weight is 467 g/mol. The van der Waals surface area contributed by atoms with Gasteiger partial charge >= 0.3 is 0 Å². The fraction of sp³-hybridized carbons (Fsp3) is 0.500. The number of hydrogen-bond donors (Lipinski definition) is 1. The van der Waals surface area contributed by atoms with Gasteiger partial charge in [0.2, 0.25) is 0 Å². The maximum absolute atomic E-state index is 4.92. The number of benzene rings is 1. The van der Waals surface area contributed by atoms with Gasteiger partial charge in [-0.25, -0.2) is 4.99 Å². The van der Waals surface area contributed by atoms with Crippen LogP contribution in [0.1, 0.15) is 37.8 Å². The molecule has 1 saturated heterocycles. The van der Waals surface area contributed by atoms with E-state index in [1.165, 1.54) is 24.0 Å². The van der Waals surface area contributed by atoms with Gasteiger partial charge in [0, 0.05) is 32.0 Å². The molecular weight excluding hydrogens is 437 g/mol. The Kier molecular flexibility index (Phi) is 8.41. The molecule has 0 amide bonds. The maximum Gasteiger partial charge on any atom is 0.194 e. The van der Waals surface area contributed by atoms with Crippen molar-refractivity contribution in [3.05, 3.63) is 53.9 Å². The molecule has 0 atom stereocenters. The van der Waals surface area contributed by atoms with E-state index in [4.69, 9.17) is 4.99 Å². The Bertz CT molecular complexity index is 675. The van der Waals surface area contributed by atoms with Gasteiger partial charge in [0.15, 0.2) is 5.96 Å². The predicted molar refractivity (Wildman–Crippen MR) is 118 cm³/mol. The van der Waals surface area contributed by atoms with E-state index < -0.39 is 0 Å². The smallest absolute Gasteiger partial charge is 0.194 e. The highest BCUT2D eigenvalue weighted by molar-refractivity contribution is 14.0. The number of hydrogen-bond acceptors (Lipinski definition) is 2. The van der Waals surface area contributed by atoms with Crippen molar-refractivity contribution < 1.29 is 0 Å². The number of piperidine rings is 1. The minimum Gasteiger partial charge on any atom is -0.357 e. The van der Waals surface area contributed by atoms with Crippen LogP contribution < -0.4 is 5.32 Å². The predicted octanol–water partition coefficient (Wildman–Crippen LogP) is 3.75. The van der Waals surface area contributed by atoms with Crippen LogP contribution in [0.5, 0.6) is 0 Å². The number of aliphatic imine (C=N–C) groups is 1. The lowest BCUT2D eigenvalue weighted by atomic mass is 9.99. The normalized spacial score (nSPS) is 15.6. The number of nitrogens with zero attached hydrogens (tertiary/aromatic N) is 4. The van der Waals surface area contributed by atoms with Gasteiger partial charge in [-0.15, -0.1) is 24.0 Å². The molecule has 0 unspecified atom stereocenters. The Labute approximate surface area is 173 Å². The Hall–Kier alpha value is -1.57. The third-order valence-corrected chi connectivity index (χ3v) is 4.83. The van der Waals surface area contributed by atoms with E-state index in [1.807, 2.05) is 23.1 Å². The second-order valence-corrected chi connectivity index (χ2v) is 6.81. The van der Waals surface area contributed by atoms with Gasteiger partial charge in [0.05, 0.1) is 13.1 Å². The topological polar surface area (TPSA) is 45.5 Å². The van der Waals surface area contributed by atoms with Gasteiger partial charge in [-0.1, -0.05) is 31.2 Å². The number of halogens is 1. The van der Waals surface area contributed by atoms with Crippen molar-refractivity contribution in [2.24, 2.45) is 10.9 Å². The summed E-state index contributed by atoms with van der Waals surface area (Å²) in [5.74, 6) is 1.87. The zero-order valence-electron chi connectivity index (χ0n) is 15.8. The van der Waals surface area contributed by atoms with E-state index >= 15 is 0 Å². The molecule has 2 heterocycles. The fourth-order valence-corrected chi connectivity index (χ4v) is 3.24. The molecule has 0 radical (unpaired) electrons. The lowest BCUT2D eigenvalue weighted by Gasteiger charge is -2.33. The van der Waals surface area contributed by atoms with E-state index in [-0.39, 0.29) is 24.0 Å². The maximum atomic E-state index is 4.92. The van der Waals surface area contributed by atoms with Crippen molar-refractivity contribution in [2.75, 3.05) is 19.6 Å². The van der Waals surface area contributed by atoms with E-state index in [1.54, 1.807) is 0 Å². The summed E-state index contributed by atoms with van der Waals surface area (Å²) in [5.41, 5.74) is 2.54. The van der Waals surface area contributed by atoms with Crippen LogP contribution >= 0.6 is 24.0 Å². The molecule has 5 nitrogen and oxygen atoms in total. The van der Waals surface area contributed by atoms with Crippen LogP contribution in [0.3, 0.4) is 0 Å². The molecule has 1 aliphatic heterocycles. The highest BCUT2D eigenvalue weighted by Gasteiger charge is 2.18. The van der Waals surface area contributed by atoms with Gasteiger partial charge < -0.3 is 10.2 Å². The number of guanidine groups is 1. The summed E-state index contributed by atoms with van der Waals surface area (Å²) >= 11 is 0. The van der Waals surface area contributed by atoms with E-state index in [0.717, 1.165) is 38.1 Å². The highest BCUT2D eigenvalue weighted by atomic mass is 127. The van der Waals surface area contributed by atoms with Crippen LogP contribution in [0.2, 0.25) is 0 Å². The largest absolute Gasteiger partial charge is 0.357 e. The Balaban J connectivity index is 0.00000243. The minimum atomic E-state index is 0. The van der Waals surface area contributed by atoms with Crippen molar-refractivity contribution in [3.8, 4) is 0 Å². The summed E-state index contributed by atoms with van der Waals surface area (Å²) in [6.07, 6.45) is 6.32. The van der Waals surface area contributed by atoms with Gasteiger partial charge in [-0.3, -0.25) is 4.68 Å². The molecule has 3 rings (SSSR count). The highest BCUT2D eigenvalue weighted by Crippen LogP contribution is 2.17. The molecule has 2 aromatic rings. The van der Waals surface area contributed by atoms with E-state index in [2.05, 4.69) is 53.4 Å². The Morgan fingerprint density at radius 2 is 1.92 bits per heavy atom. The lowest BCUT2D eigenvalue weighted by molar-refractivity contribution is 0.273. The first-order chi connectivity index (χ1) is 12.3. The molecule has 6 heteroatoms.